The van der Waals surface area contributed by atoms with E-state index in [1.807, 2.05) is 22.8 Å². The average Bonchev–Trinajstić information content (AvgIpc) is 2.89. The summed E-state index contributed by atoms with van der Waals surface area (Å²) >= 11 is 0. The van der Waals surface area contributed by atoms with Crippen molar-refractivity contribution in [2.75, 3.05) is 17.7 Å². The molecule has 0 unspecified atom stereocenters. The van der Waals surface area contributed by atoms with Crippen LogP contribution in [0.3, 0.4) is 0 Å². The number of imidazole rings is 1. The standard InChI is InChI=1S/C20H23F3N4O2/c1-19(2,3)26-13-4-9-16-17(12-13)27(18(24)25-16)10-11-28-14-5-7-15(8-6-14)29-20(21,22)23/h4-9,12,26H,10-11H2,1-3H3,(H2,24,25). The summed E-state index contributed by atoms with van der Waals surface area (Å²) in [7, 11) is 0. The first-order valence-electron chi connectivity index (χ1n) is 9.03. The van der Waals surface area contributed by atoms with Crippen molar-refractivity contribution in [2.24, 2.45) is 0 Å². The molecule has 0 atom stereocenters. The lowest BCUT2D eigenvalue weighted by Gasteiger charge is -2.22. The fraction of sp³-hybridized carbons (Fsp3) is 0.350. The van der Waals surface area contributed by atoms with E-state index >= 15 is 0 Å². The van der Waals surface area contributed by atoms with Crippen molar-refractivity contribution < 1.29 is 22.6 Å². The summed E-state index contributed by atoms with van der Waals surface area (Å²) in [6, 6.07) is 11.1. The fourth-order valence-corrected chi connectivity index (χ4v) is 2.88. The Morgan fingerprint density at radius 2 is 1.69 bits per heavy atom. The molecule has 6 nitrogen and oxygen atoms in total. The third-order valence-electron chi connectivity index (χ3n) is 3.94. The van der Waals surface area contributed by atoms with Gasteiger partial charge in [-0.15, -0.1) is 13.2 Å². The second kappa shape index (κ2) is 7.73. The first-order valence-corrected chi connectivity index (χ1v) is 9.03. The number of hydrogen-bond acceptors (Lipinski definition) is 5. The summed E-state index contributed by atoms with van der Waals surface area (Å²) < 4.78 is 47.9. The van der Waals surface area contributed by atoms with Gasteiger partial charge in [0.25, 0.3) is 0 Å². The average molecular weight is 408 g/mol. The zero-order valence-electron chi connectivity index (χ0n) is 16.4. The molecule has 3 rings (SSSR count). The van der Waals surface area contributed by atoms with Gasteiger partial charge in [0.05, 0.1) is 17.6 Å². The van der Waals surface area contributed by atoms with Crippen LogP contribution in [-0.4, -0.2) is 28.1 Å². The Morgan fingerprint density at radius 3 is 2.31 bits per heavy atom. The van der Waals surface area contributed by atoms with E-state index in [-0.39, 0.29) is 17.9 Å². The summed E-state index contributed by atoms with van der Waals surface area (Å²) in [5.74, 6) is 0.497. The molecular formula is C20H23F3N4O2. The highest BCUT2D eigenvalue weighted by Gasteiger charge is 2.30. The molecule has 0 fully saturated rings. The highest BCUT2D eigenvalue weighted by molar-refractivity contribution is 5.82. The predicted octanol–water partition coefficient (Wildman–Crippen LogP) is 4.81. The normalized spacial score (nSPS) is 12.2. The lowest BCUT2D eigenvalue weighted by Crippen LogP contribution is -2.25. The Balaban J connectivity index is 1.67. The number of halogens is 3. The summed E-state index contributed by atoms with van der Waals surface area (Å²) in [4.78, 5) is 4.36. The second-order valence-corrected chi connectivity index (χ2v) is 7.57. The molecule has 3 N–H and O–H groups in total. The monoisotopic (exact) mass is 408 g/mol. The number of nitrogen functional groups attached to an aromatic ring is 1. The van der Waals surface area contributed by atoms with E-state index in [0.717, 1.165) is 16.7 Å². The van der Waals surface area contributed by atoms with E-state index in [2.05, 4.69) is 35.8 Å². The molecule has 0 aliphatic carbocycles. The summed E-state index contributed by atoms with van der Waals surface area (Å²) in [6.07, 6.45) is -4.72. The molecular weight excluding hydrogens is 385 g/mol. The largest absolute Gasteiger partial charge is 0.573 e. The number of benzene rings is 2. The number of hydrogen-bond donors (Lipinski definition) is 2. The van der Waals surface area contributed by atoms with Crippen LogP contribution in [0.5, 0.6) is 11.5 Å². The SMILES string of the molecule is CC(C)(C)Nc1ccc2nc(N)n(CCOc3ccc(OC(F)(F)F)cc3)c2c1. The number of rotatable bonds is 6. The molecule has 0 saturated carbocycles. The number of alkyl halides is 3. The van der Waals surface area contributed by atoms with Crippen molar-refractivity contribution in [3.63, 3.8) is 0 Å². The molecule has 29 heavy (non-hydrogen) atoms. The van der Waals surface area contributed by atoms with Crippen molar-refractivity contribution in [1.82, 2.24) is 9.55 Å². The summed E-state index contributed by atoms with van der Waals surface area (Å²) in [6.45, 7) is 6.92. The highest BCUT2D eigenvalue weighted by atomic mass is 19.4. The molecule has 0 saturated heterocycles. The maximum Gasteiger partial charge on any atom is 0.573 e. The number of anilines is 2. The van der Waals surface area contributed by atoms with Gasteiger partial charge < -0.3 is 25.1 Å². The predicted molar refractivity (Wildman–Crippen MR) is 106 cm³/mol. The van der Waals surface area contributed by atoms with E-state index in [0.29, 0.717) is 18.2 Å². The van der Waals surface area contributed by atoms with Crippen LogP contribution in [0.1, 0.15) is 20.8 Å². The minimum absolute atomic E-state index is 0.0881. The van der Waals surface area contributed by atoms with Crippen molar-refractivity contribution in [2.45, 2.75) is 39.2 Å². The van der Waals surface area contributed by atoms with E-state index in [1.54, 1.807) is 0 Å². The Bertz CT molecular complexity index is 976. The van der Waals surface area contributed by atoms with E-state index < -0.39 is 6.36 Å². The number of aromatic nitrogens is 2. The molecule has 1 aromatic heterocycles. The van der Waals surface area contributed by atoms with Crippen molar-refractivity contribution >= 4 is 22.7 Å². The maximum atomic E-state index is 12.2. The molecule has 0 aliphatic heterocycles. The Hall–Kier alpha value is -3.10. The highest BCUT2D eigenvalue weighted by Crippen LogP contribution is 2.26. The Labute approximate surface area is 166 Å². The summed E-state index contributed by atoms with van der Waals surface area (Å²) in [5, 5.41) is 3.41. The van der Waals surface area contributed by atoms with Gasteiger partial charge in [-0.05, 0) is 63.2 Å². The van der Waals surface area contributed by atoms with E-state index in [4.69, 9.17) is 10.5 Å². The molecule has 9 heteroatoms. The molecule has 1 heterocycles. The van der Waals surface area contributed by atoms with Gasteiger partial charge in [0.15, 0.2) is 0 Å². The minimum Gasteiger partial charge on any atom is -0.492 e. The van der Waals surface area contributed by atoms with Gasteiger partial charge in [0.2, 0.25) is 5.95 Å². The van der Waals surface area contributed by atoms with Gasteiger partial charge in [-0.25, -0.2) is 4.98 Å². The molecule has 0 spiro atoms. The zero-order valence-corrected chi connectivity index (χ0v) is 16.4. The maximum absolute atomic E-state index is 12.2. The fourth-order valence-electron chi connectivity index (χ4n) is 2.88. The molecule has 0 aliphatic rings. The first kappa shape index (κ1) is 20.6. The van der Waals surface area contributed by atoms with Gasteiger partial charge in [-0.3, -0.25) is 0 Å². The van der Waals surface area contributed by atoms with Crippen LogP contribution in [0.25, 0.3) is 11.0 Å². The van der Waals surface area contributed by atoms with Crippen molar-refractivity contribution in [3.05, 3.63) is 42.5 Å². The number of nitrogens with two attached hydrogens (primary N) is 1. The molecule has 0 bridgehead atoms. The van der Waals surface area contributed by atoms with Crippen LogP contribution in [0.4, 0.5) is 24.8 Å². The minimum atomic E-state index is -4.72. The molecule has 2 aromatic carbocycles. The van der Waals surface area contributed by atoms with Crippen LogP contribution in [-0.2, 0) is 6.54 Å². The Morgan fingerprint density at radius 1 is 1.03 bits per heavy atom. The van der Waals surface area contributed by atoms with Crippen LogP contribution >= 0.6 is 0 Å². The lowest BCUT2D eigenvalue weighted by molar-refractivity contribution is -0.274. The smallest absolute Gasteiger partial charge is 0.492 e. The van der Waals surface area contributed by atoms with Crippen LogP contribution in [0.15, 0.2) is 42.5 Å². The lowest BCUT2D eigenvalue weighted by atomic mass is 10.1. The zero-order chi connectivity index (χ0) is 21.2. The third kappa shape index (κ3) is 5.69. The van der Waals surface area contributed by atoms with E-state index in [9.17, 15) is 13.2 Å². The van der Waals surface area contributed by atoms with Crippen LogP contribution in [0, 0.1) is 0 Å². The number of fused-ring (bicyclic) bond motifs is 1. The topological polar surface area (TPSA) is 74.3 Å². The van der Waals surface area contributed by atoms with Gasteiger partial charge in [0, 0.05) is 11.2 Å². The Kier molecular flexibility index (Phi) is 5.50. The van der Waals surface area contributed by atoms with Gasteiger partial charge >= 0.3 is 6.36 Å². The van der Waals surface area contributed by atoms with Gasteiger partial charge in [-0.1, -0.05) is 0 Å². The van der Waals surface area contributed by atoms with Crippen LogP contribution < -0.4 is 20.5 Å². The van der Waals surface area contributed by atoms with Crippen molar-refractivity contribution in [1.29, 1.82) is 0 Å². The van der Waals surface area contributed by atoms with Crippen LogP contribution in [0.2, 0.25) is 0 Å². The van der Waals surface area contributed by atoms with Gasteiger partial charge in [-0.2, -0.15) is 0 Å². The third-order valence-corrected chi connectivity index (χ3v) is 3.94. The number of ether oxygens (including phenoxy) is 2. The van der Waals surface area contributed by atoms with Gasteiger partial charge in [0.1, 0.15) is 18.1 Å². The molecule has 3 aromatic rings. The van der Waals surface area contributed by atoms with E-state index in [1.165, 1.54) is 24.3 Å². The number of nitrogens with zero attached hydrogens (tertiary/aromatic N) is 2. The first-order chi connectivity index (χ1) is 13.5. The molecule has 0 radical (unpaired) electrons. The molecule has 0 amide bonds. The second-order valence-electron chi connectivity index (χ2n) is 7.57. The summed E-state index contributed by atoms with van der Waals surface area (Å²) in [5.41, 5.74) is 8.55. The molecule has 156 valence electrons. The van der Waals surface area contributed by atoms with Crippen molar-refractivity contribution in [3.8, 4) is 11.5 Å². The number of nitrogens with one attached hydrogen (secondary N) is 1. The quantitative estimate of drug-likeness (QED) is 0.613.